The van der Waals surface area contributed by atoms with E-state index in [0.717, 1.165) is 0 Å². The fourth-order valence-corrected chi connectivity index (χ4v) is 2.36. The molecule has 0 aliphatic carbocycles. The van der Waals surface area contributed by atoms with E-state index in [2.05, 4.69) is 4.40 Å². The highest BCUT2D eigenvalue weighted by Gasteiger charge is 2.08. The third-order valence-electron chi connectivity index (χ3n) is 1.86. The molecule has 1 unspecified atom stereocenters. The number of ether oxygens (including phenoxy) is 1. The average molecular weight is 355 g/mol. The Balaban J connectivity index is 3.02. The second kappa shape index (κ2) is 6.41. The highest BCUT2D eigenvalue weighted by molar-refractivity contribution is 14.2. The SMILES string of the molecule is CCOc1cc(C(C)=N[S+]([O-])I)ccc1F. The number of benzene rings is 1. The summed E-state index contributed by atoms with van der Waals surface area (Å²) in [5.41, 5.74) is 1.29. The lowest BCUT2D eigenvalue weighted by Crippen LogP contribution is -2.01. The molecule has 0 bridgehead atoms. The van der Waals surface area contributed by atoms with Gasteiger partial charge in [0.15, 0.2) is 20.1 Å². The summed E-state index contributed by atoms with van der Waals surface area (Å²) < 4.78 is 33.2. The van der Waals surface area contributed by atoms with Gasteiger partial charge in [-0.3, -0.25) is 0 Å². The zero-order valence-corrected chi connectivity index (χ0v) is 11.8. The van der Waals surface area contributed by atoms with Crippen LogP contribution in [-0.2, 0) is 8.53 Å². The minimum absolute atomic E-state index is 0.189. The van der Waals surface area contributed by atoms with E-state index in [-0.39, 0.29) is 5.75 Å². The summed E-state index contributed by atoms with van der Waals surface area (Å²) in [5.74, 6) is -0.220. The molecule has 0 aromatic heterocycles. The number of nitrogens with zero attached hydrogens (tertiary/aromatic N) is 1. The lowest BCUT2D eigenvalue weighted by Gasteiger charge is -2.06. The Morgan fingerprint density at radius 3 is 2.88 bits per heavy atom. The maximum Gasteiger partial charge on any atom is 0.283 e. The maximum atomic E-state index is 13.3. The van der Waals surface area contributed by atoms with Crippen LogP contribution >= 0.6 is 21.2 Å². The summed E-state index contributed by atoms with van der Waals surface area (Å²) >= 11 is 1.70. The average Bonchev–Trinajstić information content (AvgIpc) is 2.20. The van der Waals surface area contributed by atoms with Crippen molar-refractivity contribution in [3.8, 4) is 5.75 Å². The van der Waals surface area contributed by atoms with Gasteiger partial charge in [-0.05, 0) is 32.0 Å². The van der Waals surface area contributed by atoms with Gasteiger partial charge in [0.05, 0.1) is 12.3 Å². The van der Waals surface area contributed by atoms with Crippen LogP contribution in [0.5, 0.6) is 5.75 Å². The van der Waals surface area contributed by atoms with Crippen molar-refractivity contribution in [2.24, 2.45) is 4.40 Å². The fourth-order valence-electron chi connectivity index (χ4n) is 1.15. The van der Waals surface area contributed by atoms with E-state index in [1.807, 2.05) is 0 Å². The predicted octanol–water partition coefficient (Wildman–Crippen LogP) is 3.05. The second-order valence-corrected chi connectivity index (χ2v) is 5.82. The van der Waals surface area contributed by atoms with E-state index in [1.54, 1.807) is 47.2 Å². The molecule has 0 saturated carbocycles. The van der Waals surface area contributed by atoms with Crippen molar-refractivity contribution in [3.05, 3.63) is 29.6 Å². The molecule has 88 valence electrons. The van der Waals surface area contributed by atoms with Crippen molar-refractivity contribution in [1.29, 1.82) is 0 Å². The molecule has 1 aromatic carbocycles. The number of rotatable bonds is 4. The topological polar surface area (TPSA) is 44.6 Å². The standard InChI is InChI=1S/C10H11FINO2S/c1-3-15-10-6-8(4-5-9(10)11)7(2)13-16(12)14/h4-6H,3H2,1-2H3. The Labute approximate surface area is 109 Å². The fraction of sp³-hybridized carbons (Fsp3) is 0.300. The van der Waals surface area contributed by atoms with E-state index >= 15 is 0 Å². The van der Waals surface area contributed by atoms with E-state index in [9.17, 15) is 8.94 Å². The van der Waals surface area contributed by atoms with Gasteiger partial charge < -0.3 is 9.29 Å². The molecule has 3 nitrogen and oxygen atoms in total. The Morgan fingerprint density at radius 2 is 2.31 bits per heavy atom. The molecular weight excluding hydrogens is 344 g/mol. The largest absolute Gasteiger partial charge is 0.583 e. The van der Waals surface area contributed by atoms with Crippen molar-refractivity contribution in [2.45, 2.75) is 13.8 Å². The summed E-state index contributed by atoms with van der Waals surface area (Å²) in [7, 11) is -1.29. The third-order valence-corrected chi connectivity index (χ3v) is 2.87. The summed E-state index contributed by atoms with van der Waals surface area (Å²) in [5, 5.41) is 0. The van der Waals surface area contributed by atoms with Crippen LogP contribution in [-0.4, -0.2) is 16.9 Å². The first kappa shape index (κ1) is 13.7. The van der Waals surface area contributed by atoms with E-state index in [1.165, 1.54) is 6.07 Å². The van der Waals surface area contributed by atoms with E-state index in [4.69, 9.17) is 4.74 Å². The molecule has 0 radical (unpaired) electrons. The van der Waals surface area contributed by atoms with Gasteiger partial charge >= 0.3 is 0 Å². The third kappa shape index (κ3) is 3.91. The molecule has 1 aromatic rings. The molecule has 0 fully saturated rings. The van der Waals surface area contributed by atoms with Crippen molar-refractivity contribution in [3.63, 3.8) is 0 Å². The summed E-state index contributed by atoms with van der Waals surface area (Å²) in [6, 6.07) is 4.46. The van der Waals surface area contributed by atoms with Crippen LogP contribution in [0, 0.1) is 5.82 Å². The van der Waals surface area contributed by atoms with Gasteiger partial charge in [-0.2, -0.15) is 0 Å². The first-order valence-electron chi connectivity index (χ1n) is 4.60. The molecule has 1 atom stereocenters. The molecule has 0 N–H and O–H groups in total. The van der Waals surface area contributed by atoms with Gasteiger partial charge in [-0.1, -0.05) is 4.40 Å². The van der Waals surface area contributed by atoms with Crippen molar-refractivity contribution < 1.29 is 13.7 Å². The lowest BCUT2D eigenvalue weighted by atomic mass is 10.1. The molecule has 0 aliphatic heterocycles. The zero-order valence-electron chi connectivity index (χ0n) is 8.87. The molecule has 16 heavy (non-hydrogen) atoms. The van der Waals surface area contributed by atoms with Gasteiger partial charge in [0.2, 0.25) is 0 Å². The van der Waals surface area contributed by atoms with Crippen LogP contribution in [0.4, 0.5) is 4.39 Å². The Kier molecular flexibility index (Phi) is 5.50. The second-order valence-electron chi connectivity index (χ2n) is 2.96. The minimum atomic E-state index is -1.29. The molecule has 0 amide bonds. The van der Waals surface area contributed by atoms with Gasteiger partial charge in [0.25, 0.3) is 21.2 Å². The number of hydrogen-bond acceptors (Lipinski definition) is 3. The van der Waals surface area contributed by atoms with Gasteiger partial charge in [0, 0.05) is 5.56 Å². The Hall–Kier alpha value is -0.340. The number of halogens is 2. The van der Waals surface area contributed by atoms with Gasteiger partial charge in [0.1, 0.15) is 0 Å². The van der Waals surface area contributed by atoms with Crippen LogP contribution in [0.15, 0.2) is 22.6 Å². The van der Waals surface area contributed by atoms with Crippen LogP contribution in [0.1, 0.15) is 19.4 Å². The van der Waals surface area contributed by atoms with Crippen LogP contribution in [0.3, 0.4) is 0 Å². The van der Waals surface area contributed by atoms with Crippen LogP contribution < -0.4 is 4.74 Å². The zero-order chi connectivity index (χ0) is 12.1. The predicted molar refractivity (Wildman–Crippen MR) is 71.9 cm³/mol. The van der Waals surface area contributed by atoms with Gasteiger partial charge in [-0.25, -0.2) is 4.39 Å². The molecule has 0 spiro atoms. The lowest BCUT2D eigenvalue weighted by molar-refractivity contribution is 0.321. The first-order chi connectivity index (χ1) is 7.54. The highest BCUT2D eigenvalue weighted by Crippen LogP contribution is 2.20. The van der Waals surface area contributed by atoms with Crippen LogP contribution in [0.25, 0.3) is 0 Å². The van der Waals surface area contributed by atoms with Crippen LogP contribution in [0.2, 0.25) is 0 Å². The summed E-state index contributed by atoms with van der Waals surface area (Å²) in [6.07, 6.45) is 0. The molecule has 0 heterocycles. The summed E-state index contributed by atoms with van der Waals surface area (Å²) in [4.78, 5) is 0. The molecule has 6 heteroatoms. The molecule has 0 saturated heterocycles. The number of hydrogen-bond donors (Lipinski definition) is 0. The Morgan fingerprint density at radius 1 is 1.62 bits per heavy atom. The minimum Gasteiger partial charge on any atom is -0.583 e. The quantitative estimate of drug-likeness (QED) is 0.473. The first-order valence-corrected chi connectivity index (χ1v) is 8.25. The van der Waals surface area contributed by atoms with Crippen molar-refractivity contribution in [1.82, 2.24) is 0 Å². The van der Waals surface area contributed by atoms with E-state index in [0.29, 0.717) is 17.9 Å². The summed E-state index contributed by atoms with van der Waals surface area (Å²) in [6.45, 7) is 3.90. The normalized spacial score (nSPS) is 13.7. The van der Waals surface area contributed by atoms with Crippen molar-refractivity contribution >= 4 is 35.5 Å². The highest BCUT2D eigenvalue weighted by atomic mass is 127. The maximum absolute atomic E-state index is 13.3. The smallest absolute Gasteiger partial charge is 0.283 e. The molecule has 1 rings (SSSR count). The molecular formula is C10H11FINO2S. The van der Waals surface area contributed by atoms with E-state index < -0.39 is 14.4 Å². The monoisotopic (exact) mass is 355 g/mol. The van der Waals surface area contributed by atoms with Gasteiger partial charge in [-0.15, -0.1) is 0 Å². The molecule has 0 aliphatic rings. The Bertz CT molecular complexity index is 398. The van der Waals surface area contributed by atoms with Crippen molar-refractivity contribution in [2.75, 3.05) is 6.61 Å².